The number of hydrogen-bond donors (Lipinski definition) is 0. The van der Waals surface area contributed by atoms with Gasteiger partial charge in [0.2, 0.25) is 0 Å². The van der Waals surface area contributed by atoms with Gasteiger partial charge in [0.25, 0.3) is 5.91 Å². The highest BCUT2D eigenvalue weighted by Crippen LogP contribution is 2.22. The molecule has 1 amide bonds. The fraction of sp³-hybridized carbons (Fsp3) is 0.333. The van der Waals surface area contributed by atoms with Crippen molar-refractivity contribution in [2.45, 2.75) is 51.3 Å². The van der Waals surface area contributed by atoms with Crippen LogP contribution in [0.3, 0.4) is 0 Å². The van der Waals surface area contributed by atoms with Crippen LogP contribution in [0.5, 0.6) is 0 Å². The molecule has 0 aliphatic heterocycles. The van der Waals surface area contributed by atoms with Crippen molar-refractivity contribution in [2.75, 3.05) is 0 Å². The first-order valence-electron chi connectivity index (χ1n) is 9.18. The van der Waals surface area contributed by atoms with E-state index in [2.05, 4.69) is 31.0 Å². The number of thiazole rings is 1. The van der Waals surface area contributed by atoms with E-state index in [9.17, 15) is 13.2 Å². The van der Waals surface area contributed by atoms with Crippen LogP contribution < -0.4 is 4.80 Å². The number of hydrogen-bond acceptors (Lipinski definition) is 4. The average Bonchev–Trinajstić information content (AvgIpc) is 2.97. The predicted octanol–water partition coefficient (Wildman–Crippen LogP) is 4.26. The van der Waals surface area contributed by atoms with Gasteiger partial charge in [-0.25, -0.2) is 8.42 Å². The van der Waals surface area contributed by atoms with E-state index in [1.165, 1.54) is 46.7 Å². The fourth-order valence-corrected chi connectivity index (χ4v) is 5.16. The van der Waals surface area contributed by atoms with Crippen molar-refractivity contribution in [3.05, 3.63) is 57.9 Å². The predicted molar refractivity (Wildman–Crippen MR) is 114 cm³/mol. The molecule has 28 heavy (non-hydrogen) atoms. The SMILES string of the molecule is CCn1c(=NC(=O)c2ccc(S(=O)(=O)C(C)C)cc2)sc2cc(C)c(C)cc21. The second kappa shape index (κ2) is 7.64. The van der Waals surface area contributed by atoms with Crippen molar-refractivity contribution in [1.82, 2.24) is 4.57 Å². The molecule has 0 radical (unpaired) electrons. The van der Waals surface area contributed by atoms with Crippen molar-refractivity contribution in [3.8, 4) is 0 Å². The van der Waals surface area contributed by atoms with Crippen molar-refractivity contribution in [2.24, 2.45) is 4.99 Å². The Morgan fingerprint density at radius 3 is 2.29 bits per heavy atom. The standard InChI is InChI=1S/C21H24N2O3S2/c1-6-23-18-11-14(4)15(5)12-19(18)27-21(23)22-20(24)16-7-9-17(10-8-16)28(25,26)13(2)3/h7-13H,6H2,1-5H3. The van der Waals surface area contributed by atoms with E-state index in [4.69, 9.17) is 0 Å². The third kappa shape index (κ3) is 3.69. The molecule has 0 bridgehead atoms. The Balaban J connectivity index is 2.03. The second-order valence-electron chi connectivity index (χ2n) is 7.07. The van der Waals surface area contributed by atoms with Crippen LogP contribution in [-0.2, 0) is 16.4 Å². The monoisotopic (exact) mass is 416 g/mol. The Labute approximate surface area is 169 Å². The molecule has 1 aromatic heterocycles. The summed E-state index contributed by atoms with van der Waals surface area (Å²) >= 11 is 1.49. The zero-order valence-electron chi connectivity index (χ0n) is 16.7. The molecular formula is C21H24N2O3S2. The summed E-state index contributed by atoms with van der Waals surface area (Å²) in [6, 6.07) is 10.3. The minimum absolute atomic E-state index is 0.218. The molecule has 1 heterocycles. The zero-order chi connectivity index (χ0) is 20.6. The van der Waals surface area contributed by atoms with Crippen molar-refractivity contribution in [1.29, 1.82) is 0 Å². The van der Waals surface area contributed by atoms with Gasteiger partial charge in [0.1, 0.15) is 0 Å². The highest BCUT2D eigenvalue weighted by atomic mass is 32.2. The van der Waals surface area contributed by atoms with Gasteiger partial charge in [0, 0.05) is 12.1 Å². The molecule has 148 valence electrons. The molecule has 7 heteroatoms. The maximum absolute atomic E-state index is 12.7. The van der Waals surface area contributed by atoms with Gasteiger partial charge in [-0.15, -0.1) is 0 Å². The lowest BCUT2D eigenvalue weighted by atomic mass is 10.1. The number of aromatic nitrogens is 1. The number of amides is 1. The third-order valence-corrected chi connectivity index (χ3v) is 8.07. The highest BCUT2D eigenvalue weighted by Gasteiger charge is 2.19. The summed E-state index contributed by atoms with van der Waals surface area (Å²) in [6.07, 6.45) is 0. The fourth-order valence-electron chi connectivity index (χ4n) is 2.92. The van der Waals surface area contributed by atoms with E-state index >= 15 is 0 Å². The van der Waals surface area contributed by atoms with Gasteiger partial charge in [-0.1, -0.05) is 11.3 Å². The minimum atomic E-state index is -3.36. The van der Waals surface area contributed by atoms with Crippen LogP contribution in [0, 0.1) is 13.8 Å². The maximum Gasteiger partial charge on any atom is 0.279 e. The number of fused-ring (bicyclic) bond motifs is 1. The van der Waals surface area contributed by atoms with Crippen LogP contribution in [0.15, 0.2) is 46.3 Å². The summed E-state index contributed by atoms with van der Waals surface area (Å²) in [7, 11) is -3.36. The quantitative estimate of drug-likeness (QED) is 0.638. The van der Waals surface area contributed by atoms with Gasteiger partial charge in [-0.05, 0) is 82.1 Å². The van der Waals surface area contributed by atoms with Gasteiger partial charge >= 0.3 is 0 Å². The first-order chi connectivity index (χ1) is 13.1. The Morgan fingerprint density at radius 2 is 1.71 bits per heavy atom. The zero-order valence-corrected chi connectivity index (χ0v) is 18.3. The number of nitrogens with zero attached hydrogens (tertiary/aromatic N) is 2. The molecule has 0 aliphatic carbocycles. The topological polar surface area (TPSA) is 68.5 Å². The van der Waals surface area contributed by atoms with Crippen molar-refractivity contribution in [3.63, 3.8) is 0 Å². The van der Waals surface area contributed by atoms with Crippen molar-refractivity contribution < 1.29 is 13.2 Å². The molecule has 0 aliphatic rings. The van der Waals surface area contributed by atoms with Gasteiger partial charge in [0.05, 0.1) is 20.4 Å². The number of benzene rings is 2. The van der Waals surface area contributed by atoms with Crippen LogP contribution in [0.4, 0.5) is 0 Å². The summed E-state index contributed by atoms with van der Waals surface area (Å²) in [5.41, 5.74) is 3.85. The summed E-state index contributed by atoms with van der Waals surface area (Å²) in [5.74, 6) is -0.379. The lowest BCUT2D eigenvalue weighted by Crippen LogP contribution is -2.16. The molecule has 0 atom stereocenters. The van der Waals surface area contributed by atoms with E-state index in [-0.39, 0.29) is 10.8 Å². The summed E-state index contributed by atoms with van der Waals surface area (Å²) in [4.78, 5) is 17.8. The smallest absolute Gasteiger partial charge is 0.279 e. The number of carbonyl (C=O) groups excluding carboxylic acids is 1. The maximum atomic E-state index is 12.7. The highest BCUT2D eigenvalue weighted by molar-refractivity contribution is 7.92. The molecule has 2 aromatic carbocycles. The first-order valence-corrected chi connectivity index (χ1v) is 11.5. The number of carbonyl (C=O) groups is 1. The van der Waals surface area contributed by atoms with Crippen molar-refractivity contribution >= 4 is 37.3 Å². The van der Waals surface area contributed by atoms with Gasteiger partial charge in [-0.3, -0.25) is 4.79 Å². The van der Waals surface area contributed by atoms with Gasteiger partial charge in [-0.2, -0.15) is 4.99 Å². The average molecular weight is 417 g/mol. The molecule has 0 fully saturated rings. The Kier molecular flexibility index (Phi) is 5.59. The molecular weight excluding hydrogens is 392 g/mol. The van der Waals surface area contributed by atoms with Gasteiger partial charge < -0.3 is 4.57 Å². The molecule has 5 nitrogen and oxygen atoms in total. The van der Waals surface area contributed by atoms with E-state index in [1.54, 1.807) is 13.8 Å². The largest absolute Gasteiger partial charge is 0.317 e. The molecule has 0 saturated heterocycles. The molecule has 0 unspecified atom stereocenters. The molecule has 0 N–H and O–H groups in total. The molecule has 3 aromatic rings. The third-order valence-electron chi connectivity index (χ3n) is 4.86. The van der Waals surface area contributed by atoms with Crippen LogP contribution >= 0.6 is 11.3 Å². The minimum Gasteiger partial charge on any atom is -0.317 e. The van der Waals surface area contributed by atoms with E-state index in [0.29, 0.717) is 16.9 Å². The lowest BCUT2D eigenvalue weighted by molar-refractivity contribution is 0.0997. The molecule has 0 spiro atoms. The van der Waals surface area contributed by atoms with Crippen LogP contribution in [0.2, 0.25) is 0 Å². The number of sulfone groups is 1. The Hall–Kier alpha value is -2.25. The number of rotatable bonds is 4. The summed E-state index contributed by atoms with van der Waals surface area (Å²) in [6.45, 7) is 10.1. The van der Waals surface area contributed by atoms with Crippen LogP contribution in [0.1, 0.15) is 42.3 Å². The Morgan fingerprint density at radius 1 is 1.11 bits per heavy atom. The van der Waals surface area contributed by atoms with E-state index in [0.717, 1.165) is 10.2 Å². The molecule has 3 rings (SSSR count). The normalized spacial score (nSPS) is 12.9. The van der Waals surface area contributed by atoms with E-state index < -0.39 is 15.1 Å². The number of aryl methyl sites for hydroxylation is 3. The lowest BCUT2D eigenvalue weighted by Gasteiger charge is -2.07. The van der Waals surface area contributed by atoms with E-state index in [1.807, 2.05) is 11.5 Å². The molecule has 0 saturated carbocycles. The van der Waals surface area contributed by atoms with Gasteiger partial charge in [0.15, 0.2) is 14.6 Å². The van der Waals surface area contributed by atoms with Crippen LogP contribution in [0.25, 0.3) is 10.2 Å². The summed E-state index contributed by atoms with van der Waals surface area (Å²) in [5, 5.41) is -0.507. The van der Waals surface area contributed by atoms with Crippen LogP contribution in [-0.4, -0.2) is 24.1 Å². The Bertz CT molecular complexity index is 1220. The second-order valence-corrected chi connectivity index (χ2v) is 10.6. The summed E-state index contributed by atoms with van der Waals surface area (Å²) < 4.78 is 27.6. The first kappa shape index (κ1) is 20.5.